The normalized spacial score (nSPS) is 12.1. The van der Waals surface area contributed by atoms with E-state index in [4.69, 9.17) is 11.6 Å². The van der Waals surface area contributed by atoms with Crippen molar-refractivity contribution < 1.29 is 19.4 Å². The van der Waals surface area contributed by atoms with Crippen LogP contribution in [0.5, 0.6) is 0 Å². The van der Waals surface area contributed by atoms with Crippen LogP contribution in [0.3, 0.4) is 0 Å². The van der Waals surface area contributed by atoms with Gasteiger partial charge in [0.05, 0.1) is 13.2 Å². The van der Waals surface area contributed by atoms with Crippen LogP contribution in [0.1, 0.15) is 24.5 Å². The lowest BCUT2D eigenvalue weighted by molar-refractivity contribution is -0.143. The van der Waals surface area contributed by atoms with Gasteiger partial charge in [-0.2, -0.15) is 0 Å². The summed E-state index contributed by atoms with van der Waals surface area (Å²) in [6.45, 7) is 0. The summed E-state index contributed by atoms with van der Waals surface area (Å²) < 4.78 is 4.43. The van der Waals surface area contributed by atoms with Crippen molar-refractivity contribution in [2.45, 2.75) is 18.9 Å². The Kier molecular flexibility index (Phi) is 4.94. The summed E-state index contributed by atoms with van der Waals surface area (Å²) in [5.41, 5.74) is 0.580. The Bertz CT molecular complexity index is 676. The molecule has 21 heavy (non-hydrogen) atoms. The van der Waals surface area contributed by atoms with Crippen LogP contribution in [-0.4, -0.2) is 24.0 Å². The summed E-state index contributed by atoms with van der Waals surface area (Å²) in [4.78, 5) is 22.8. The molecule has 2 aromatic rings. The molecule has 0 aliphatic carbocycles. The first-order valence-electron chi connectivity index (χ1n) is 6.46. The Morgan fingerprint density at radius 1 is 1.24 bits per heavy atom. The van der Waals surface area contributed by atoms with Crippen LogP contribution >= 0.6 is 11.6 Å². The van der Waals surface area contributed by atoms with Crippen molar-refractivity contribution in [1.82, 2.24) is 0 Å². The Morgan fingerprint density at radius 2 is 1.90 bits per heavy atom. The number of hydrogen-bond donors (Lipinski definition) is 1. The second-order valence-corrected chi connectivity index (χ2v) is 5.10. The van der Waals surface area contributed by atoms with Crippen molar-refractivity contribution in [3.05, 3.63) is 47.0 Å². The molecule has 0 saturated heterocycles. The van der Waals surface area contributed by atoms with Gasteiger partial charge < -0.3 is 9.84 Å². The molecule has 0 bridgehead atoms. The van der Waals surface area contributed by atoms with Gasteiger partial charge in [-0.15, -0.1) is 0 Å². The number of ketones is 1. The Labute approximate surface area is 127 Å². The third kappa shape index (κ3) is 3.60. The molecule has 0 fully saturated rings. The van der Waals surface area contributed by atoms with Crippen LogP contribution in [0.25, 0.3) is 10.8 Å². The first kappa shape index (κ1) is 15.5. The molecule has 5 heteroatoms. The number of benzene rings is 2. The van der Waals surface area contributed by atoms with Crippen LogP contribution < -0.4 is 0 Å². The minimum Gasteiger partial charge on any atom is -0.469 e. The number of aliphatic hydroxyl groups is 1. The number of ether oxygens (including phenoxy) is 1. The van der Waals surface area contributed by atoms with Crippen molar-refractivity contribution in [1.29, 1.82) is 0 Å². The van der Waals surface area contributed by atoms with Gasteiger partial charge in [0.15, 0.2) is 0 Å². The predicted octanol–water partition coefficient (Wildman–Crippen LogP) is 3.05. The van der Waals surface area contributed by atoms with Crippen molar-refractivity contribution in [3.8, 4) is 0 Å². The Balaban J connectivity index is 2.26. The first-order chi connectivity index (χ1) is 10.0. The van der Waals surface area contributed by atoms with Gasteiger partial charge in [0.1, 0.15) is 12.2 Å². The van der Waals surface area contributed by atoms with E-state index in [1.807, 2.05) is 18.2 Å². The summed E-state index contributed by atoms with van der Waals surface area (Å²) >= 11 is 6.18. The fraction of sp³-hybridized carbons (Fsp3) is 0.250. The highest BCUT2D eigenvalue weighted by atomic mass is 35.5. The quantitative estimate of drug-likeness (QED) is 0.681. The van der Waals surface area contributed by atoms with E-state index in [0.717, 1.165) is 10.8 Å². The molecule has 0 unspecified atom stereocenters. The van der Waals surface area contributed by atoms with Crippen LogP contribution in [0, 0.1) is 0 Å². The van der Waals surface area contributed by atoms with E-state index in [-0.39, 0.29) is 18.6 Å². The van der Waals surface area contributed by atoms with Crippen molar-refractivity contribution in [2.75, 3.05) is 7.11 Å². The number of carbonyl (C=O) groups is 2. The lowest BCUT2D eigenvalue weighted by Gasteiger charge is -2.14. The van der Waals surface area contributed by atoms with E-state index in [1.165, 1.54) is 7.11 Å². The number of fused-ring (bicyclic) bond motifs is 1. The van der Waals surface area contributed by atoms with E-state index in [9.17, 15) is 14.7 Å². The predicted molar refractivity (Wildman–Crippen MR) is 80.2 cm³/mol. The van der Waals surface area contributed by atoms with Gasteiger partial charge in [0, 0.05) is 16.8 Å². The van der Waals surface area contributed by atoms with E-state index < -0.39 is 12.1 Å². The summed E-state index contributed by atoms with van der Waals surface area (Å²) in [6.07, 6.45) is -1.50. The van der Waals surface area contributed by atoms with Gasteiger partial charge in [-0.05, 0) is 17.0 Å². The van der Waals surface area contributed by atoms with Crippen molar-refractivity contribution in [3.63, 3.8) is 0 Å². The fourth-order valence-electron chi connectivity index (χ4n) is 2.23. The van der Waals surface area contributed by atoms with Crippen LogP contribution in [0.2, 0.25) is 5.02 Å². The van der Waals surface area contributed by atoms with E-state index in [2.05, 4.69) is 4.74 Å². The molecule has 0 heterocycles. The highest BCUT2D eigenvalue weighted by Gasteiger charge is 2.18. The van der Waals surface area contributed by atoms with Crippen LogP contribution in [0.4, 0.5) is 0 Å². The van der Waals surface area contributed by atoms with Gasteiger partial charge >= 0.3 is 5.97 Å². The van der Waals surface area contributed by atoms with Crippen molar-refractivity contribution >= 4 is 34.1 Å². The number of esters is 1. The second kappa shape index (κ2) is 6.70. The zero-order chi connectivity index (χ0) is 15.4. The number of Topliss-reactive ketones (excluding diaryl/α,β-unsaturated/α-hetero) is 1. The molecule has 0 amide bonds. The maximum Gasteiger partial charge on any atom is 0.313 e. The zero-order valence-electron chi connectivity index (χ0n) is 11.5. The molecule has 2 aromatic carbocycles. The second-order valence-electron chi connectivity index (χ2n) is 4.70. The first-order valence-corrected chi connectivity index (χ1v) is 6.84. The third-order valence-corrected chi connectivity index (χ3v) is 3.55. The maximum atomic E-state index is 11.7. The smallest absolute Gasteiger partial charge is 0.313 e. The van der Waals surface area contributed by atoms with Gasteiger partial charge in [-0.3, -0.25) is 9.59 Å². The van der Waals surface area contributed by atoms with E-state index in [0.29, 0.717) is 10.6 Å². The number of aliphatic hydroxyl groups excluding tert-OH is 1. The lowest BCUT2D eigenvalue weighted by atomic mass is 9.97. The topological polar surface area (TPSA) is 63.6 Å². The molecule has 0 spiro atoms. The number of hydrogen-bond acceptors (Lipinski definition) is 4. The zero-order valence-corrected chi connectivity index (χ0v) is 12.3. The number of methoxy groups -OCH3 is 1. The van der Waals surface area contributed by atoms with E-state index >= 15 is 0 Å². The number of rotatable bonds is 5. The van der Waals surface area contributed by atoms with E-state index in [1.54, 1.807) is 18.2 Å². The molecular weight excluding hydrogens is 292 g/mol. The van der Waals surface area contributed by atoms with Crippen molar-refractivity contribution in [2.24, 2.45) is 0 Å². The van der Waals surface area contributed by atoms with Gasteiger partial charge in [-0.25, -0.2) is 0 Å². The summed E-state index contributed by atoms with van der Waals surface area (Å²) in [5, 5.41) is 12.4. The maximum absolute atomic E-state index is 11.7. The summed E-state index contributed by atoms with van der Waals surface area (Å²) in [5.74, 6) is -0.985. The number of carbonyl (C=O) groups excluding carboxylic acids is 2. The molecule has 0 aromatic heterocycles. The molecule has 0 aliphatic rings. The van der Waals surface area contributed by atoms with Gasteiger partial charge in [0.2, 0.25) is 0 Å². The fourth-order valence-corrected chi connectivity index (χ4v) is 2.52. The molecule has 0 saturated carbocycles. The average Bonchev–Trinajstić information content (AvgIpc) is 2.46. The van der Waals surface area contributed by atoms with Gasteiger partial charge in [-0.1, -0.05) is 41.9 Å². The minimum atomic E-state index is -1.01. The largest absolute Gasteiger partial charge is 0.469 e. The molecule has 1 atom stereocenters. The molecule has 4 nitrogen and oxygen atoms in total. The molecule has 0 aliphatic heterocycles. The molecular formula is C16H15ClO4. The molecule has 2 rings (SSSR count). The number of halogens is 1. The van der Waals surface area contributed by atoms with Crippen LogP contribution in [0.15, 0.2) is 36.4 Å². The summed E-state index contributed by atoms with van der Waals surface area (Å²) in [6, 6.07) is 10.8. The van der Waals surface area contributed by atoms with Gasteiger partial charge in [0.25, 0.3) is 0 Å². The Morgan fingerprint density at radius 3 is 2.57 bits per heavy atom. The third-order valence-electron chi connectivity index (χ3n) is 3.24. The molecule has 0 radical (unpaired) electrons. The highest BCUT2D eigenvalue weighted by molar-refractivity contribution is 6.35. The molecule has 110 valence electrons. The monoisotopic (exact) mass is 306 g/mol. The summed E-state index contributed by atoms with van der Waals surface area (Å²) in [7, 11) is 1.22. The highest BCUT2D eigenvalue weighted by Crippen LogP contribution is 2.32. The van der Waals surface area contributed by atoms with Crippen LogP contribution in [-0.2, 0) is 14.3 Å². The Hall–Kier alpha value is -1.91. The standard InChI is InChI=1S/C16H15ClO4/c1-21-15(20)9-11(18)8-14(19)12-6-2-4-10-5-3-7-13(17)16(10)12/h2-7,14,19H,8-9H2,1H3/t14-/m1/s1. The molecule has 1 N–H and O–H groups in total. The lowest BCUT2D eigenvalue weighted by Crippen LogP contribution is -2.13. The average molecular weight is 307 g/mol. The SMILES string of the molecule is COC(=O)CC(=O)C[C@@H](O)c1cccc2cccc(Cl)c12. The minimum absolute atomic E-state index is 0.153.